The number of pyridine rings is 1. The Kier molecular flexibility index (Phi) is 4.37. The SMILES string of the molecule is CCN(CC)C(=O)C1(C(=O)NCc2cccnc2)CC1. The van der Waals surface area contributed by atoms with Crippen molar-refractivity contribution in [3.05, 3.63) is 30.1 Å². The second kappa shape index (κ2) is 6.03. The number of carbonyl (C=O) groups excluding carboxylic acids is 2. The third-order valence-corrected chi connectivity index (χ3v) is 3.82. The van der Waals surface area contributed by atoms with E-state index < -0.39 is 5.41 Å². The molecular formula is C15H21N3O2. The van der Waals surface area contributed by atoms with Gasteiger partial charge in [-0.1, -0.05) is 6.07 Å². The average molecular weight is 275 g/mol. The van der Waals surface area contributed by atoms with Gasteiger partial charge in [-0.15, -0.1) is 0 Å². The molecule has 0 saturated heterocycles. The lowest BCUT2D eigenvalue weighted by molar-refractivity contribution is -0.144. The molecule has 0 aliphatic heterocycles. The Hall–Kier alpha value is -1.91. The Balaban J connectivity index is 1.96. The fourth-order valence-electron chi connectivity index (χ4n) is 2.33. The summed E-state index contributed by atoms with van der Waals surface area (Å²) < 4.78 is 0. The first kappa shape index (κ1) is 14.5. The van der Waals surface area contributed by atoms with Gasteiger partial charge in [0.1, 0.15) is 5.41 Å². The number of rotatable bonds is 6. The Morgan fingerprint density at radius 3 is 2.55 bits per heavy atom. The summed E-state index contributed by atoms with van der Waals surface area (Å²) in [4.78, 5) is 30.4. The monoisotopic (exact) mass is 275 g/mol. The average Bonchev–Trinajstić information content (AvgIpc) is 3.28. The van der Waals surface area contributed by atoms with Crippen molar-refractivity contribution in [3.8, 4) is 0 Å². The normalized spacial score (nSPS) is 15.5. The first-order chi connectivity index (χ1) is 9.64. The minimum absolute atomic E-state index is 0.0359. The maximum Gasteiger partial charge on any atom is 0.238 e. The highest BCUT2D eigenvalue weighted by Crippen LogP contribution is 2.47. The van der Waals surface area contributed by atoms with Gasteiger partial charge in [0.25, 0.3) is 0 Å². The van der Waals surface area contributed by atoms with Crippen LogP contribution in [0.25, 0.3) is 0 Å². The van der Waals surface area contributed by atoms with Crippen LogP contribution in [-0.2, 0) is 16.1 Å². The fourth-order valence-corrected chi connectivity index (χ4v) is 2.33. The largest absolute Gasteiger partial charge is 0.351 e. The smallest absolute Gasteiger partial charge is 0.238 e. The Morgan fingerprint density at radius 2 is 2.05 bits per heavy atom. The van der Waals surface area contributed by atoms with Gasteiger partial charge in [-0.25, -0.2) is 0 Å². The van der Waals surface area contributed by atoms with E-state index in [0.717, 1.165) is 5.56 Å². The summed E-state index contributed by atoms with van der Waals surface area (Å²) in [5.74, 6) is -0.190. The van der Waals surface area contributed by atoms with Crippen LogP contribution in [0.4, 0.5) is 0 Å². The van der Waals surface area contributed by atoms with Gasteiger partial charge >= 0.3 is 0 Å². The summed E-state index contributed by atoms with van der Waals surface area (Å²) >= 11 is 0. The van der Waals surface area contributed by atoms with E-state index in [-0.39, 0.29) is 11.8 Å². The van der Waals surface area contributed by atoms with E-state index in [9.17, 15) is 9.59 Å². The molecule has 0 aromatic carbocycles. The number of hydrogen-bond acceptors (Lipinski definition) is 3. The fraction of sp³-hybridized carbons (Fsp3) is 0.533. The topological polar surface area (TPSA) is 62.3 Å². The van der Waals surface area contributed by atoms with Crippen LogP contribution in [0.5, 0.6) is 0 Å². The lowest BCUT2D eigenvalue weighted by Crippen LogP contribution is -2.45. The van der Waals surface area contributed by atoms with Gasteiger partial charge in [0.2, 0.25) is 11.8 Å². The van der Waals surface area contributed by atoms with Gasteiger partial charge in [0, 0.05) is 32.0 Å². The molecule has 0 spiro atoms. The summed E-state index contributed by atoms with van der Waals surface area (Å²) in [5, 5.41) is 2.86. The number of amides is 2. The number of aromatic nitrogens is 1. The Morgan fingerprint density at radius 1 is 1.35 bits per heavy atom. The van der Waals surface area contributed by atoms with E-state index >= 15 is 0 Å². The van der Waals surface area contributed by atoms with E-state index in [1.165, 1.54) is 0 Å². The molecule has 0 radical (unpaired) electrons. The predicted octanol–water partition coefficient (Wildman–Crippen LogP) is 1.35. The van der Waals surface area contributed by atoms with Crippen LogP contribution < -0.4 is 5.32 Å². The van der Waals surface area contributed by atoms with Crippen molar-refractivity contribution in [1.82, 2.24) is 15.2 Å². The van der Waals surface area contributed by atoms with Gasteiger partial charge in [0.15, 0.2) is 0 Å². The highest BCUT2D eigenvalue weighted by molar-refractivity contribution is 6.07. The quantitative estimate of drug-likeness (QED) is 0.797. The van der Waals surface area contributed by atoms with Crippen molar-refractivity contribution < 1.29 is 9.59 Å². The standard InChI is InChI=1S/C15H21N3O2/c1-3-18(4-2)14(20)15(7-8-15)13(19)17-11-12-6-5-9-16-10-12/h5-6,9-10H,3-4,7-8,11H2,1-2H3,(H,17,19). The molecule has 2 rings (SSSR count). The van der Waals surface area contributed by atoms with Gasteiger partial charge in [-0.05, 0) is 38.3 Å². The van der Waals surface area contributed by atoms with Gasteiger partial charge in [0.05, 0.1) is 0 Å². The molecule has 0 atom stereocenters. The van der Waals surface area contributed by atoms with Crippen molar-refractivity contribution >= 4 is 11.8 Å². The van der Waals surface area contributed by atoms with Crippen LogP contribution in [0.2, 0.25) is 0 Å². The van der Waals surface area contributed by atoms with Crippen molar-refractivity contribution in [2.24, 2.45) is 5.41 Å². The first-order valence-corrected chi connectivity index (χ1v) is 7.10. The third kappa shape index (κ3) is 2.81. The number of nitrogens with one attached hydrogen (secondary N) is 1. The molecule has 1 N–H and O–H groups in total. The van der Waals surface area contributed by atoms with Crippen molar-refractivity contribution in [2.75, 3.05) is 13.1 Å². The molecule has 1 aliphatic rings. The van der Waals surface area contributed by atoms with Crippen LogP contribution in [0.15, 0.2) is 24.5 Å². The van der Waals surface area contributed by atoms with E-state index in [1.807, 2.05) is 26.0 Å². The molecule has 1 aliphatic carbocycles. The van der Waals surface area contributed by atoms with Crippen LogP contribution in [0.1, 0.15) is 32.3 Å². The van der Waals surface area contributed by atoms with Gasteiger partial charge in [-0.2, -0.15) is 0 Å². The first-order valence-electron chi connectivity index (χ1n) is 7.10. The zero-order valence-corrected chi connectivity index (χ0v) is 12.1. The molecule has 0 unspecified atom stereocenters. The zero-order chi connectivity index (χ0) is 14.6. The maximum atomic E-state index is 12.4. The number of carbonyl (C=O) groups is 2. The highest BCUT2D eigenvalue weighted by atomic mass is 16.2. The lowest BCUT2D eigenvalue weighted by Gasteiger charge is -2.24. The maximum absolute atomic E-state index is 12.4. The van der Waals surface area contributed by atoms with Crippen molar-refractivity contribution in [3.63, 3.8) is 0 Å². The lowest BCUT2D eigenvalue weighted by atomic mass is 10.0. The summed E-state index contributed by atoms with van der Waals surface area (Å²) in [6.45, 7) is 5.58. The molecular weight excluding hydrogens is 254 g/mol. The van der Waals surface area contributed by atoms with Crippen LogP contribution in [0.3, 0.4) is 0 Å². The molecule has 1 heterocycles. The highest BCUT2D eigenvalue weighted by Gasteiger charge is 2.57. The molecule has 1 fully saturated rings. The number of hydrogen-bond donors (Lipinski definition) is 1. The molecule has 2 amide bonds. The summed E-state index contributed by atoms with van der Waals surface area (Å²) in [7, 11) is 0. The predicted molar refractivity (Wildman–Crippen MR) is 75.7 cm³/mol. The molecule has 20 heavy (non-hydrogen) atoms. The third-order valence-electron chi connectivity index (χ3n) is 3.82. The van der Waals surface area contributed by atoms with E-state index in [2.05, 4.69) is 10.3 Å². The van der Waals surface area contributed by atoms with E-state index in [1.54, 1.807) is 17.3 Å². The van der Waals surface area contributed by atoms with Gasteiger partial charge in [-0.3, -0.25) is 14.6 Å². The molecule has 1 saturated carbocycles. The van der Waals surface area contributed by atoms with Crippen LogP contribution in [-0.4, -0.2) is 34.8 Å². The Labute approximate surface area is 119 Å². The van der Waals surface area contributed by atoms with E-state index in [0.29, 0.717) is 32.5 Å². The minimum Gasteiger partial charge on any atom is -0.351 e. The Bertz CT molecular complexity index is 479. The second-order valence-electron chi connectivity index (χ2n) is 5.10. The second-order valence-corrected chi connectivity index (χ2v) is 5.10. The van der Waals surface area contributed by atoms with Crippen LogP contribution >= 0.6 is 0 Å². The summed E-state index contributed by atoms with van der Waals surface area (Å²) in [6.07, 6.45) is 4.71. The van der Waals surface area contributed by atoms with Crippen molar-refractivity contribution in [1.29, 1.82) is 0 Å². The summed E-state index contributed by atoms with van der Waals surface area (Å²) in [6, 6.07) is 3.73. The molecule has 0 bridgehead atoms. The molecule has 5 nitrogen and oxygen atoms in total. The minimum atomic E-state index is -0.811. The number of nitrogens with zero attached hydrogens (tertiary/aromatic N) is 2. The van der Waals surface area contributed by atoms with Gasteiger partial charge < -0.3 is 10.2 Å². The molecule has 1 aromatic heterocycles. The van der Waals surface area contributed by atoms with Crippen molar-refractivity contribution in [2.45, 2.75) is 33.2 Å². The molecule has 108 valence electrons. The molecule has 1 aromatic rings. The summed E-state index contributed by atoms with van der Waals surface area (Å²) in [5.41, 5.74) is 0.126. The molecule has 5 heteroatoms. The van der Waals surface area contributed by atoms with E-state index in [4.69, 9.17) is 0 Å². The van der Waals surface area contributed by atoms with Crippen LogP contribution in [0, 0.1) is 5.41 Å². The zero-order valence-electron chi connectivity index (χ0n) is 12.1.